The fourth-order valence-electron chi connectivity index (χ4n) is 1.36. The van der Waals surface area contributed by atoms with Gasteiger partial charge in [-0.3, -0.25) is 4.79 Å². The quantitative estimate of drug-likeness (QED) is 0.790. The number of unbranched alkanes of at least 4 members (excludes halogenated alkanes) is 2. The number of carbonyl (C=O) groups excluding carboxylic acids is 1. The zero-order chi connectivity index (χ0) is 11.8. The summed E-state index contributed by atoms with van der Waals surface area (Å²) in [5.41, 5.74) is 6.22. The number of anilines is 1. The van der Waals surface area contributed by atoms with Gasteiger partial charge in [-0.2, -0.15) is 0 Å². The molecule has 88 valence electrons. The molecule has 3 nitrogen and oxygen atoms in total. The lowest BCUT2D eigenvalue weighted by Crippen LogP contribution is -2.11. The fraction of sp³-hybridized carbons (Fsp3) is 0.417. The Balaban J connectivity index is 2.26. The van der Waals surface area contributed by atoms with E-state index < -0.39 is 0 Å². The number of rotatable bonds is 6. The molecule has 16 heavy (non-hydrogen) atoms. The fourth-order valence-corrected chi connectivity index (χ4v) is 1.63. The molecule has 0 atom stereocenters. The van der Waals surface area contributed by atoms with Crippen LogP contribution in [0.3, 0.4) is 0 Å². The number of hydrogen-bond donors (Lipinski definition) is 2. The van der Waals surface area contributed by atoms with E-state index in [9.17, 15) is 4.79 Å². The largest absolute Gasteiger partial charge is 0.330 e. The van der Waals surface area contributed by atoms with Crippen LogP contribution in [-0.2, 0) is 4.79 Å². The molecule has 0 aromatic heterocycles. The number of benzene rings is 1. The molecule has 0 aliphatic rings. The second kappa shape index (κ2) is 7.41. The molecule has 1 amide bonds. The van der Waals surface area contributed by atoms with Crippen molar-refractivity contribution in [3.8, 4) is 0 Å². The van der Waals surface area contributed by atoms with Crippen molar-refractivity contribution in [2.24, 2.45) is 5.73 Å². The van der Waals surface area contributed by atoms with Gasteiger partial charge in [-0.25, -0.2) is 0 Å². The molecule has 0 aliphatic carbocycles. The van der Waals surface area contributed by atoms with Crippen LogP contribution in [0, 0.1) is 0 Å². The van der Waals surface area contributed by atoms with Crippen LogP contribution in [0.2, 0.25) is 0 Å². The van der Waals surface area contributed by atoms with Crippen molar-refractivity contribution >= 4 is 27.5 Å². The van der Waals surface area contributed by atoms with Crippen molar-refractivity contribution in [2.75, 3.05) is 11.9 Å². The maximum atomic E-state index is 11.5. The zero-order valence-electron chi connectivity index (χ0n) is 9.21. The predicted octanol–water partition coefficient (Wildman–Crippen LogP) is 2.91. The second-order valence-corrected chi connectivity index (χ2v) is 4.57. The van der Waals surface area contributed by atoms with Gasteiger partial charge in [-0.05, 0) is 43.7 Å². The van der Waals surface area contributed by atoms with Gasteiger partial charge in [0.2, 0.25) is 5.91 Å². The van der Waals surface area contributed by atoms with Gasteiger partial charge in [0.25, 0.3) is 0 Å². The van der Waals surface area contributed by atoms with E-state index >= 15 is 0 Å². The lowest BCUT2D eigenvalue weighted by Gasteiger charge is -2.04. The van der Waals surface area contributed by atoms with E-state index in [4.69, 9.17) is 5.73 Å². The first-order valence-electron chi connectivity index (χ1n) is 5.48. The van der Waals surface area contributed by atoms with E-state index in [1.54, 1.807) is 0 Å². The summed E-state index contributed by atoms with van der Waals surface area (Å²) in [4.78, 5) is 11.5. The average molecular weight is 285 g/mol. The molecule has 0 heterocycles. The van der Waals surface area contributed by atoms with E-state index in [-0.39, 0.29) is 5.91 Å². The lowest BCUT2D eigenvalue weighted by atomic mass is 10.2. The molecular weight excluding hydrogens is 268 g/mol. The molecule has 0 radical (unpaired) electrons. The van der Waals surface area contributed by atoms with Crippen LogP contribution in [0.5, 0.6) is 0 Å². The summed E-state index contributed by atoms with van der Waals surface area (Å²) in [5.74, 6) is 0.0688. The molecule has 0 unspecified atom stereocenters. The third kappa shape index (κ3) is 5.28. The number of hydrogen-bond acceptors (Lipinski definition) is 2. The summed E-state index contributed by atoms with van der Waals surface area (Å²) in [7, 11) is 0. The number of nitrogens with one attached hydrogen (secondary N) is 1. The average Bonchev–Trinajstić information content (AvgIpc) is 2.28. The van der Waals surface area contributed by atoms with Crippen molar-refractivity contribution < 1.29 is 4.79 Å². The van der Waals surface area contributed by atoms with Crippen molar-refractivity contribution in [3.63, 3.8) is 0 Å². The van der Waals surface area contributed by atoms with Crippen molar-refractivity contribution in [1.82, 2.24) is 0 Å². The number of carbonyl (C=O) groups is 1. The Morgan fingerprint density at radius 1 is 1.19 bits per heavy atom. The van der Waals surface area contributed by atoms with Crippen molar-refractivity contribution in [3.05, 3.63) is 28.7 Å². The first kappa shape index (κ1) is 13.2. The van der Waals surface area contributed by atoms with E-state index in [1.807, 2.05) is 24.3 Å². The maximum Gasteiger partial charge on any atom is 0.224 e. The summed E-state index contributed by atoms with van der Waals surface area (Å²) in [6, 6.07) is 7.57. The zero-order valence-corrected chi connectivity index (χ0v) is 10.8. The van der Waals surface area contributed by atoms with Gasteiger partial charge in [0, 0.05) is 16.6 Å². The second-order valence-electron chi connectivity index (χ2n) is 3.65. The molecule has 1 aromatic rings. The van der Waals surface area contributed by atoms with Crippen LogP contribution in [0.1, 0.15) is 25.7 Å². The minimum atomic E-state index is 0.0688. The molecule has 1 rings (SSSR count). The Bertz CT molecular complexity index is 324. The third-order valence-corrected chi connectivity index (χ3v) is 2.76. The molecule has 1 aromatic carbocycles. The van der Waals surface area contributed by atoms with Crippen molar-refractivity contribution in [2.45, 2.75) is 25.7 Å². The normalized spacial score (nSPS) is 10.1. The van der Waals surface area contributed by atoms with E-state index in [1.165, 1.54) is 0 Å². The predicted molar refractivity (Wildman–Crippen MR) is 70.3 cm³/mol. The highest BCUT2D eigenvalue weighted by Crippen LogP contribution is 2.14. The van der Waals surface area contributed by atoms with Crippen LogP contribution >= 0.6 is 15.9 Å². The summed E-state index contributed by atoms with van der Waals surface area (Å²) in [5, 5.41) is 2.86. The van der Waals surface area contributed by atoms with Crippen LogP contribution in [-0.4, -0.2) is 12.5 Å². The maximum absolute atomic E-state index is 11.5. The lowest BCUT2D eigenvalue weighted by molar-refractivity contribution is -0.116. The minimum absolute atomic E-state index is 0.0688. The summed E-state index contributed by atoms with van der Waals surface area (Å²) in [6.45, 7) is 0.703. The van der Waals surface area contributed by atoms with Gasteiger partial charge < -0.3 is 11.1 Å². The highest BCUT2D eigenvalue weighted by Gasteiger charge is 2.01. The molecule has 0 saturated carbocycles. The molecule has 4 heteroatoms. The monoisotopic (exact) mass is 284 g/mol. The molecule has 0 aliphatic heterocycles. The highest BCUT2D eigenvalue weighted by atomic mass is 79.9. The third-order valence-electron chi connectivity index (χ3n) is 2.24. The molecule has 0 fully saturated rings. The highest BCUT2D eigenvalue weighted by molar-refractivity contribution is 9.10. The smallest absolute Gasteiger partial charge is 0.224 e. The number of halogens is 1. The first-order chi connectivity index (χ1) is 7.72. The van der Waals surface area contributed by atoms with E-state index in [2.05, 4.69) is 21.2 Å². The SMILES string of the molecule is NCCCCCC(=O)Nc1ccc(Br)cc1. The van der Waals surface area contributed by atoms with Crippen LogP contribution < -0.4 is 11.1 Å². The van der Waals surface area contributed by atoms with Gasteiger partial charge in [0.15, 0.2) is 0 Å². The van der Waals surface area contributed by atoms with Crippen LogP contribution in [0.25, 0.3) is 0 Å². The summed E-state index contributed by atoms with van der Waals surface area (Å²) >= 11 is 3.35. The number of nitrogens with two attached hydrogens (primary N) is 1. The van der Waals surface area contributed by atoms with Gasteiger partial charge in [0.05, 0.1) is 0 Å². The standard InChI is InChI=1S/C12H17BrN2O/c13-10-5-7-11(8-6-10)15-12(16)4-2-1-3-9-14/h5-8H,1-4,9,14H2,(H,15,16). The number of amides is 1. The Morgan fingerprint density at radius 2 is 1.88 bits per heavy atom. The van der Waals surface area contributed by atoms with Crippen LogP contribution in [0.4, 0.5) is 5.69 Å². The van der Waals surface area contributed by atoms with Gasteiger partial charge in [0.1, 0.15) is 0 Å². The summed E-state index contributed by atoms with van der Waals surface area (Å²) < 4.78 is 1.01. The Labute approximate surface area is 105 Å². The Hall–Kier alpha value is -0.870. The summed E-state index contributed by atoms with van der Waals surface area (Å²) in [6.07, 6.45) is 3.48. The van der Waals surface area contributed by atoms with Crippen molar-refractivity contribution in [1.29, 1.82) is 0 Å². The molecule has 0 bridgehead atoms. The topological polar surface area (TPSA) is 55.1 Å². The Kier molecular flexibility index (Phi) is 6.11. The Morgan fingerprint density at radius 3 is 2.50 bits per heavy atom. The molecule has 0 spiro atoms. The van der Waals surface area contributed by atoms with E-state index in [0.717, 1.165) is 29.4 Å². The molecular formula is C12H17BrN2O. The van der Waals surface area contributed by atoms with Crippen LogP contribution in [0.15, 0.2) is 28.7 Å². The van der Waals surface area contributed by atoms with Gasteiger partial charge >= 0.3 is 0 Å². The minimum Gasteiger partial charge on any atom is -0.330 e. The molecule has 3 N–H and O–H groups in total. The first-order valence-corrected chi connectivity index (χ1v) is 6.27. The molecule has 0 saturated heterocycles. The van der Waals surface area contributed by atoms with E-state index in [0.29, 0.717) is 13.0 Å². The van der Waals surface area contributed by atoms with Gasteiger partial charge in [-0.15, -0.1) is 0 Å². The van der Waals surface area contributed by atoms with Gasteiger partial charge in [-0.1, -0.05) is 22.4 Å².